The Morgan fingerprint density at radius 2 is 1.86 bits per heavy atom. The summed E-state index contributed by atoms with van der Waals surface area (Å²) in [5, 5.41) is 6.38. The van der Waals surface area contributed by atoms with Crippen molar-refractivity contribution in [3.05, 3.63) is 59.2 Å². The number of nitrogens with one attached hydrogen (secondary N) is 2. The molecule has 0 amide bonds. The van der Waals surface area contributed by atoms with Gasteiger partial charge < -0.3 is 24.8 Å². The summed E-state index contributed by atoms with van der Waals surface area (Å²) in [6.07, 6.45) is 0. The van der Waals surface area contributed by atoms with E-state index in [1.807, 2.05) is 31.2 Å². The highest BCUT2D eigenvalue weighted by atomic mass is 19.3. The van der Waals surface area contributed by atoms with E-state index in [1.54, 1.807) is 26.3 Å². The number of guanidine groups is 1. The van der Waals surface area contributed by atoms with Crippen LogP contribution in [0.15, 0.2) is 47.5 Å². The molecule has 8 heteroatoms. The maximum absolute atomic E-state index is 12.4. The summed E-state index contributed by atoms with van der Waals surface area (Å²) in [6.45, 7) is 1.06. The summed E-state index contributed by atoms with van der Waals surface area (Å²) < 4.78 is 40.0. The average molecular weight is 407 g/mol. The Labute approximate surface area is 169 Å². The first-order chi connectivity index (χ1) is 14.0. The average Bonchev–Trinajstić information content (AvgIpc) is 2.69. The van der Waals surface area contributed by atoms with Gasteiger partial charge in [0.15, 0.2) is 5.96 Å². The van der Waals surface area contributed by atoms with E-state index in [-0.39, 0.29) is 5.75 Å². The highest BCUT2D eigenvalue weighted by molar-refractivity contribution is 5.79. The first-order valence-corrected chi connectivity index (χ1v) is 9.21. The zero-order valence-corrected chi connectivity index (χ0v) is 16.9. The van der Waals surface area contributed by atoms with Crippen LogP contribution in [0.3, 0.4) is 0 Å². The molecule has 158 valence electrons. The molecular formula is C21H27F2N3O3. The maximum atomic E-state index is 12.4. The van der Waals surface area contributed by atoms with Crippen molar-refractivity contribution < 1.29 is 23.0 Å². The summed E-state index contributed by atoms with van der Waals surface area (Å²) in [7, 11) is 3.30. The molecule has 0 bridgehead atoms. The molecule has 0 unspecified atom stereocenters. The van der Waals surface area contributed by atoms with Crippen LogP contribution >= 0.6 is 0 Å². The summed E-state index contributed by atoms with van der Waals surface area (Å²) in [6, 6.07) is 12.5. The Bertz CT molecular complexity index is 800. The molecule has 0 aliphatic carbocycles. The Morgan fingerprint density at radius 3 is 2.59 bits per heavy atom. The Kier molecular flexibility index (Phi) is 9.17. The number of alkyl halides is 2. The minimum atomic E-state index is -2.84. The second-order valence-electron chi connectivity index (χ2n) is 6.26. The van der Waals surface area contributed by atoms with Gasteiger partial charge in [0.05, 0.1) is 6.61 Å². The van der Waals surface area contributed by atoms with E-state index in [0.29, 0.717) is 32.3 Å². The number of aliphatic imine (C=N–C) groups is 1. The van der Waals surface area contributed by atoms with Gasteiger partial charge in [-0.25, -0.2) is 0 Å². The van der Waals surface area contributed by atoms with Gasteiger partial charge in [-0.15, -0.1) is 0 Å². The van der Waals surface area contributed by atoms with Gasteiger partial charge in [0.1, 0.15) is 18.1 Å². The first kappa shape index (κ1) is 22.4. The van der Waals surface area contributed by atoms with Gasteiger partial charge >= 0.3 is 6.61 Å². The summed E-state index contributed by atoms with van der Waals surface area (Å²) in [4.78, 5) is 4.19. The number of halogens is 2. The molecule has 0 atom stereocenters. The lowest BCUT2D eigenvalue weighted by Gasteiger charge is -2.16. The van der Waals surface area contributed by atoms with E-state index in [4.69, 9.17) is 9.47 Å². The van der Waals surface area contributed by atoms with E-state index >= 15 is 0 Å². The highest BCUT2D eigenvalue weighted by Gasteiger charge is 2.07. The van der Waals surface area contributed by atoms with E-state index in [2.05, 4.69) is 20.4 Å². The van der Waals surface area contributed by atoms with E-state index in [1.165, 1.54) is 6.07 Å². The largest absolute Gasteiger partial charge is 0.491 e. The summed E-state index contributed by atoms with van der Waals surface area (Å²) in [5.41, 5.74) is 2.89. The number of hydrogen-bond acceptors (Lipinski definition) is 4. The monoisotopic (exact) mass is 407 g/mol. The number of methoxy groups -OCH3 is 1. The summed E-state index contributed by atoms with van der Waals surface area (Å²) >= 11 is 0. The fourth-order valence-corrected chi connectivity index (χ4v) is 2.59. The number of benzene rings is 2. The first-order valence-electron chi connectivity index (χ1n) is 9.21. The van der Waals surface area contributed by atoms with Crippen LogP contribution in [-0.4, -0.2) is 39.9 Å². The van der Waals surface area contributed by atoms with Crippen molar-refractivity contribution in [3.63, 3.8) is 0 Å². The molecule has 0 aliphatic rings. The van der Waals surface area contributed by atoms with E-state index < -0.39 is 6.61 Å². The molecule has 0 saturated carbocycles. The van der Waals surface area contributed by atoms with Crippen molar-refractivity contribution in [2.24, 2.45) is 4.99 Å². The Morgan fingerprint density at radius 1 is 1.07 bits per heavy atom. The SMILES string of the molecule is CN=C(NCc1cccc(OC(F)F)c1)NCc1ccc(C)cc1OCCOC. The van der Waals surface area contributed by atoms with Gasteiger partial charge in [0, 0.05) is 32.8 Å². The molecule has 0 radical (unpaired) electrons. The van der Waals surface area contributed by atoms with Gasteiger partial charge in [-0.2, -0.15) is 8.78 Å². The van der Waals surface area contributed by atoms with Crippen LogP contribution in [-0.2, 0) is 17.8 Å². The van der Waals surface area contributed by atoms with Crippen LogP contribution < -0.4 is 20.1 Å². The van der Waals surface area contributed by atoms with Crippen LogP contribution in [0, 0.1) is 6.92 Å². The third kappa shape index (κ3) is 7.95. The van der Waals surface area contributed by atoms with E-state index in [9.17, 15) is 8.78 Å². The second-order valence-corrected chi connectivity index (χ2v) is 6.26. The van der Waals surface area contributed by atoms with Crippen molar-refractivity contribution in [1.29, 1.82) is 0 Å². The van der Waals surface area contributed by atoms with Gasteiger partial charge in [-0.1, -0.05) is 24.3 Å². The number of rotatable bonds is 10. The van der Waals surface area contributed by atoms with Crippen molar-refractivity contribution >= 4 is 5.96 Å². The van der Waals surface area contributed by atoms with Gasteiger partial charge in [0.2, 0.25) is 0 Å². The fraction of sp³-hybridized carbons (Fsp3) is 0.381. The molecule has 0 heterocycles. The fourth-order valence-electron chi connectivity index (χ4n) is 2.59. The minimum Gasteiger partial charge on any atom is -0.491 e. The number of aryl methyl sites for hydroxylation is 1. The summed E-state index contributed by atoms with van der Waals surface area (Å²) in [5.74, 6) is 1.50. The Hall–Kier alpha value is -2.87. The standard InChI is InChI=1S/C21H27F2N3O3/c1-15-7-8-17(19(11-15)28-10-9-27-3)14-26-21(24-2)25-13-16-5-4-6-18(12-16)29-20(22)23/h4-8,11-12,20H,9-10,13-14H2,1-3H3,(H2,24,25,26). The zero-order valence-electron chi connectivity index (χ0n) is 16.9. The van der Waals surface area contributed by atoms with Crippen LogP contribution in [0.4, 0.5) is 8.78 Å². The second kappa shape index (κ2) is 11.9. The molecule has 2 aromatic rings. The van der Waals surface area contributed by atoms with Crippen LogP contribution in [0.1, 0.15) is 16.7 Å². The third-order valence-electron chi connectivity index (χ3n) is 4.02. The Balaban J connectivity index is 1.92. The van der Waals surface area contributed by atoms with Crippen molar-refractivity contribution in [3.8, 4) is 11.5 Å². The lowest BCUT2D eigenvalue weighted by molar-refractivity contribution is -0.0498. The lowest BCUT2D eigenvalue weighted by atomic mass is 10.1. The molecule has 2 aromatic carbocycles. The number of hydrogen-bond donors (Lipinski definition) is 2. The maximum Gasteiger partial charge on any atom is 0.387 e. The predicted molar refractivity (Wildman–Crippen MR) is 109 cm³/mol. The molecule has 0 aliphatic heterocycles. The molecule has 0 aromatic heterocycles. The molecule has 2 N–H and O–H groups in total. The smallest absolute Gasteiger partial charge is 0.387 e. The van der Waals surface area contributed by atoms with Crippen LogP contribution in [0.25, 0.3) is 0 Å². The quantitative estimate of drug-likeness (QED) is 0.359. The molecule has 0 fully saturated rings. The normalized spacial score (nSPS) is 11.4. The molecule has 2 rings (SSSR count). The van der Waals surface area contributed by atoms with Gasteiger partial charge in [0.25, 0.3) is 0 Å². The van der Waals surface area contributed by atoms with Crippen molar-refractivity contribution in [2.75, 3.05) is 27.4 Å². The van der Waals surface area contributed by atoms with E-state index in [0.717, 1.165) is 22.4 Å². The molecule has 0 spiro atoms. The third-order valence-corrected chi connectivity index (χ3v) is 4.02. The number of ether oxygens (including phenoxy) is 3. The lowest BCUT2D eigenvalue weighted by Crippen LogP contribution is -2.36. The molecular weight excluding hydrogens is 380 g/mol. The molecule has 0 saturated heterocycles. The number of nitrogens with zero attached hydrogens (tertiary/aromatic N) is 1. The highest BCUT2D eigenvalue weighted by Crippen LogP contribution is 2.20. The van der Waals surface area contributed by atoms with Crippen LogP contribution in [0.2, 0.25) is 0 Å². The molecule has 29 heavy (non-hydrogen) atoms. The predicted octanol–water partition coefficient (Wildman–Crippen LogP) is 3.49. The minimum absolute atomic E-state index is 0.125. The van der Waals surface area contributed by atoms with Crippen molar-refractivity contribution in [1.82, 2.24) is 10.6 Å². The van der Waals surface area contributed by atoms with Crippen molar-refractivity contribution in [2.45, 2.75) is 26.6 Å². The van der Waals surface area contributed by atoms with Crippen LogP contribution in [0.5, 0.6) is 11.5 Å². The van der Waals surface area contributed by atoms with Gasteiger partial charge in [-0.3, -0.25) is 4.99 Å². The zero-order chi connectivity index (χ0) is 21.1. The molecule has 6 nitrogen and oxygen atoms in total. The van der Waals surface area contributed by atoms with Gasteiger partial charge in [-0.05, 0) is 36.2 Å². The topological polar surface area (TPSA) is 64.1 Å².